The van der Waals surface area contributed by atoms with Gasteiger partial charge in [-0.1, -0.05) is 32.4 Å². The monoisotopic (exact) mass is 396 g/mol. The molecule has 0 spiro atoms. The molecule has 0 saturated carbocycles. The number of nitrogens with one attached hydrogen (secondary N) is 1. The highest BCUT2D eigenvalue weighted by Gasteiger charge is 2.37. The highest BCUT2D eigenvalue weighted by atomic mass is 79.9. The van der Waals surface area contributed by atoms with Crippen LogP contribution in [0.25, 0.3) is 0 Å². The van der Waals surface area contributed by atoms with Crippen LogP contribution in [0.1, 0.15) is 26.7 Å². The van der Waals surface area contributed by atoms with Crippen molar-refractivity contribution in [2.75, 3.05) is 11.4 Å². The lowest BCUT2D eigenvalue weighted by atomic mass is 9.98. The normalized spacial score (nSPS) is 19.9. The molecule has 0 radical (unpaired) electrons. The molecule has 7 heteroatoms. The highest BCUT2D eigenvalue weighted by Crippen LogP contribution is 2.31. The summed E-state index contributed by atoms with van der Waals surface area (Å²) in [5.74, 6) is -2.30. The van der Waals surface area contributed by atoms with Crippen molar-refractivity contribution < 1.29 is 19.5 Å². The van der Waals surface area contributed by atoms with Crippen molar-refractivity contribution in [3.05, 3.63) is 28.7 Å². The van der Waals surface area contributed by atoms with Crippen LogP contribution in [-0.2, 0) is 14.4 Å². The fourth-order valence-corrected chi connectivity index (χ4v) is 3.24. The standard InChI is InChI=1S/C17H21BrN2O4/c1-3-10(2)15(17(23)24)19-16(22)11-8-14(21)20(9-11)13-7-5-4-6-12(13)18/h4-7,10-11,15H,3,8-9H2,1-2H3,(H,19,22)(H,23,24). The summed E-state index contributed by atoms with van der Waals surface area (Å²) in [5, 5.41) is 11.9. The zero-order valence-corrected chi connectivity index (χ0v) is 15.2. The maximum absolute atomic E-state index is 12.4. The van der Waals surface area contributed by atoms with Crippen LogP contribution < -0.4 is 10.2 Å². The minimum absolute atomic E-state index is 0.0833. The molecule has 1 aromatic rings. The second kappa shape index (κ2) is 7.79. The van der Waals surface area contributed by atoms with E-state index < -0.39 is 17.9 Å². The summed E-state index contributed by atoms with van der Waals surface area (Å²) in [5.41, 5.74) is 0.717. The van der Waals surface area contributed by atoms with E-state index in [0.29, 0.717) is 6.42 Å². The molecule has 2 rings (SSSR count). The number of benzene rings is 1. The number of rotatable bonds is 6. The minimum atomic E-state index is -1.05. The van der Waals surface area contributed by atoms with Crippen LogP contribution in [0.2, 0.25) is 0 Å². The number of aliphatic carboxylic acids is 1. The minimum Gasteiger partial charge on any atom is -0.480 e. The van der Waals surface area contributed by atoms with Crippen molar-refractivity contribution in [1.29, 1.82) is 0 Å². The fraction of sp³-hybridized carbons (Fsp3) is 0.471. The summed E-state index contributed by atoms with van der Waals surface area (Å²) >= 11 is 3.41. The van der Waals surface area contributed by atoms with Gasteiger partial charge < -0.3 is 15.3 Å². The van der Waals surface area contributed by atoms with Gasteiger partial charge in [0.1, 0.15) is 6.04 Å². The Hall–Kier alpha value is -1.89. The lowest BCUT2D eigenvalue weighted by molar-refractivity contribution is -0.143. The summed E-state index contributed by atoms with van der Waals surface area (Å²) in [6.45, 7) is 3.91. The second-order valence-corrected chi connectivity index (χ2v) is 6.92. The van der Waals surface area contributed by atoms with Crippen LogP contribution in [0.3, 0.4) is 0 Å². The van der Waals surface area contributed by atoms with Crippen molar-refractivity contribution >= 4 is 39.4 Å². The van der Waals surface area contributed by atoms with Gasteiger partial charge >= 0.3 is 5.97 Å². The van der Waals surface area contributed by atoms with Gasteiger partial charge in [0.15, 0.2) is 0 Å². The largest absolute Gasteiger partial charge is 0.480 e. The Bertz CT molecular complexity index is 649. The van der Waals surface area contributed by atoms with Crippen molar-refractivity contribution in [3.63, 3.8) is 0 Å². The van der Waals surface area contributed by atoms with Crippen LogP contribution in [0.15, 0.2) is 28.7 Å². The van der Waals surface area contributed by atoms with Crippen LogP contribution in [0.5, 0.6) is 0 Å². The number of hydrogen-bond acceptors (Lipinski definition) is 3. The van der Waals surface area contributed by atoms with Gasteiger partial charge in [-0.3, -0.25) is 9.59 Å². The number of carboxylic acid groups (broad SMARTS) is 1. The first-order chi connectivity index (χ1) is 11.3. The van der Waals surface area contributed by atoms with E-state index in [1.807, 2.05) is 31.2 Å². The van der Waals surface area contributed by atoms with Crippen LogP contribution >= 0.6 is 15.9 Å². The van der Waals surface area contributed by atoms with Crippen LogP contribution in [0.4, 0.5) is 5.69 Å². The summed E-state index contributed by atoms with van der Waals surface area (Å²) in [6, 6.07) is 6.38. The average Bonchev–Trinajstić information content (AvgIpc) is 2.93. The Morgan fingerprint density at radius 3 is 2.67 bits per heavy atom. The highest BCUT2D eigenvalue weighted by molar-refractivity contribution is 9.10. The zero-order valence-electron chi connectivity index (χ0n) is 13.7. The summed E-state index contributed by atoms with van der Waals surface area (Å²) in [6.07, 6.45) is 0.726. The number of hydrogen-bond donors (Lipinski definition) is 2. The van der Waals surface area contributed by atoms with E-state index in [2.05, 4.69) is 21.2 Å². The smallest absolute Gasteiger partial charge is 0.326 e. The van der Waals surface area contributed by atoms with E-state index in [1.54, 1.807) is 11.8 Å². The average molecular weight is 397 g/mol. The van der Waals surface area contributed by atoms with Gasteiger partial charge in [0.05, 0.1) is 11.6 Å². The van der Waals surface area contributed by atoms with Gasteiger partial charge in [0, 0.05) is 17.4 Å². The quantitative estimate of drug-likeness (QED) is 0.772. The first-order valence-corrected chi connectivity index (χ1v) is 8.72. The Balaban J connectivity index is 2.09. The number of carboxylic acids is 1. The summed E-state index contributed by atoms with van der Waals surface area (Å²) in [4.78, 5) is 37.6. The lowest BCUT2D eigenvalue weighted by Gasteiger charge is -2.22. The molecule has 1 saturated heterocycles. The Morgan fingerprint density at radius 2 is 2.08 bits per heavy atom. The third-order valence-electron chi connectivity index (χ3n) is 4.42. The predicted octanol–water partition coefficient (Wildman–Crippen LogP) is 2.42. The van der Waals surface area contributed by atoms with Crippen molar-refractivity contribution in [2.24, 2.45) is 11.8 Å². The number of halogens is 1. The predicted molar refractivity (Wildman–Crippen MR) is 93.6 cm³/mol. The lowest BCUT2D eigenvalue weighted by Crippen LogP contribution is -2.47. The molecule has 2 amide bonds. The molecular formula is C17H21BrN2O4. The molecule has 0 bridgehead atoms. The molecule has 1 aliphatic rings. The van der Waals surface area contributed by atoms with E-state index >= 15 is 0 Å². The molecular weight excluding hydrogens is 376 g/mol. The van der Waals surface area contributed by atoms with Crippen LogP contribution in [0, 0.1) is 11.8 Å². The molecule has 1 heterocycles. The van der Waals surface area contributed by atoms with Crippen LogP contribution in [-0.4, -0.2) is 35.5 Å². The van der Waals surface area contributed by atoms with Gasteiger partial charge in [0.2, 0.25) is 11.8 Å². The van der Waals surface area contributed by atoms with E-state index in [1.165, 1.54) is 0 Å². The SMILES string of the molecule is CCC(C)C(NC(=O)C1CC(=O)N(c2ccccc2Br)C1)C(=O)O. The Labute approximate surface area is 149 Å². The number of amides is 2. The zero-order chi connectivity index (χ0) is 17.9. The maximum atomic E-state index is 12.4. The number of carbonyl (C=O) groups excluding carboxylic acids is 2. The number of nitrogens with zero attached hydrogens (tertiary/aromatic N) is 1. The van der Waals surface area contributed by atoms with Gasteiger partial charge in [-0.2, -0.15) is 0 Å². The molecule has 3 atom stereocenters. The molecule has 2 N–H and O–H groups in total. The molecule has 3 unspecified atom stereocenters. The van der Waals surface area contributed by atoms with Gasteiger partial charge in [-0.05, 0) is 34.0 Å². The van der Waals surface area contributed by atoms with Crippen molar-refractivity contribution in [2.45, 2.75) is 32.7 Å². The molecule has 0 aromatic heterocycles. The van der Waals surface area contributed by atoms with E-state index in [9.17, 15) is 19.5 Å². The van der Waals surface area contributed by atoms with E-state index in [0.717, 1.165) is 10.2 Å². The van der Waals surface area contributed by atoms with Gasteiger partial charge in [0.25, 0.3) is 0 Å². The second-order valence-electron chi connectivity index (χ2n) is 6.07. The van der Waals surface area contributed by atoms with E-state index in [-0.39, 0.29) is 30.7 Å². The topological polar surface area (TPSA) is 86.7 Å². The molecule has 24 heavy (non-hydrogen) atoms. The third kappa shape index (κ3) is 3.95. The summed E-state index contributed by atoms with van der Waals surface area (Å²) < 4.78 is 0.780. The third-order valence-corrected chi connectivity index (χ3v) is 5.09. The first kappa shape index (κ1) is 18.4. The molecule has 6 nitrogen and oxygen atoms in total. The van der Waals surface area contributed by atoms with Crippen molar-refractivity contribution in [3.8, 4) is 0 Å². The van der Waals surface area contributed by atoms with Gasteiger partial charge in [-0.15, -0.1) is 0 Å². The number of carbonyl (C=O) groups is 3. The molecule has 1 fully saturated rings. The molecule has 1 aromatic carbocycles. The van der Waals surface area contributed by atoms with Gasteiger partial charge in [-0.25, -0.2) is 4.79 Å². The molecule has 0 aliphatic carbocycles. The Kier molecular flexibility index (Phi) is 5.99. The number of anilines is 1. The number of para-hydroxylation sites is 1. The Morgan fingerprint density at radius 1 is 1.42 bits per heavy atom. The summed E-state index contributed by atoms with van der Waals surface area (Å²) in [7, 11) is 0. The van der Waals surface area contributed by atoms with E-state index in [4.69, 9.17) is 0 Å². The molecule has 1 aliphatic heterocycles. The fourth-order valence-electron chi connectivity index (χ4n) is 2.74. The van der Waals surface area contributed by atoms with Crippen molar-refractivity contribution in [1.82, 2.24) is 5.32 Å². The maximum Gasteiger partial charge on any atom is 0.326 e. The molecule has 130 valence electrons. The first-order valence-electron chi connectivity index (χ1n) is 7.93.